The Hall–Kier alpha value is -1.61. The van der Waals surface area contributed by atoms with Crippen LogP contribution in [0.3, 0.4) is 0 Å². The summed E-state index contributed by atoms with van der Waals surface area (Å²) in [5, 5.41) is 10.0. The quantitative estimate of drug-likeness (QED) is 0.714. The lowest BCUT2D eigenvalue weighted by molar-refractivity contribution is 0.281. The van der Waals surface area contributed by atoms with E-state index in [-0.39, 0.29) is 6.61 Å². The fourth-order valence-electron chi connectivity index (χ4n) is 1.60. The van der Waals surface area contributed by atoms with Crippen LogP contribution in [0.4, 0.5) is 5.69 Å². The van der Waals surface area contributed by atoms with Crippen LogP contribution in [0.25, 0.3) is 10.9 Å². The van der Waals surface area contributed by atoms with Gasteiger partial charge in [0, 0.05) is 22.3 Å². The number of aryl methyl sites for hydroxylation is 1. The number of benzene rings is 1. The molecule has 0 atom stereocenters. The van der Waals surface area contributed by atoms with E-state index in [9.17, 15) is 0 Å². The van der Waals surface area contributed by atoms with E-state index in [0.717, 1.165) is 22.2 Å². The number of nitrogens with zero attached hydrogens (tertiary/aromatic N) is 1. The maximum Gasteiger partial charge on any atom is 0.0726 e. The molecule has 0 saturated carbocycles. The number of nitrogens with two attached hydrogens (primary N) is 1. The van der Waals surface area contributed by atoms with Gasteiger partial charge in [0.15, 0.2) is 0 Å². The van der Waals surface area contributed by atoms with Gasteiger partial charge >= 0.3 is 0 Å². The molecule has 2 aromatic rings. The van der Waals surface area contributed by atoms with Crippen LogP contribution in [0.1, 0.15) is 11.3 Å². The zero-order valence-corrected chi connectivity index (χ0v) is 7.99. The highest BCUT2D eigenvalue weighted by atomic mass is 16.3. The molecule has 0 bridgehead atoms. The molecular formula is C11H12N2O. The standard InChI is InChI=1S/C11H12N2O/c1-7-9(6-14)11(12)8-4-2-3-5-10(8)13-7/h2-5,14H,6H2,1H3,(H2,12,13). The lowest BCUT2D eigenvalue weighted by Gasteiger charge is -2.09. The highest BCUT2D eigenvalue weighted by Gasteiger charge is 2.07. The third-order valence-corrected chi connectivity index (χ3v) is 2.40. The Labute approximate surface area is 82.2 Å². The summed E-state index contributed by atoms with van der Waals surface area (Å²) in [4.78, 5) is 4.37. The molecule has 0 aliphatic heterocycles. The van der Waals surface area contributed by atoms with Crippen molar-refractivity contribution < 1.29 is 5.11 Å². The number of aliphatic hydroxyl groups excluding tert-OH is 1. The number of fused-ring (bicyclic) bond motifs is 1. The summed E-state index contributed by atoms with van der Waals surface area (Å²) >= 11 is 0. The second kappa shape index (κ2) is 3.27. The third-order valence-electron chi connectivity index (χ3n) is 2.40. The summed E-state index contributed by atoms with van der Waals surface area (Å²) in [6, 6.07) is 7.67. The summed E-state index contributed by atoms with van der Waals surface area (Å²) in [6.45, 7) is 1.80. The van der Waals surface area contributed by atoms with Crippen molar-refractivity contribution in [3.05, 3.63) is 35.5 Å². The summed E-state index contributed by atoms with van der Waals surface area (Å²) in [6.07, 6.45) is 0. The molecule has 3 N–H and O–H groups in total. The van der Waals surface area contributed by atoms with Gasteiger partial charge in [-0.3, -0.25) is 4.98 Å². The molecule has 1 aromatic carbocycles. The van der Waals surface area contributed by atoms with Gasteiger partial charge in [-0.15, -0.1) is 0 Å². The fraction of sp³-hybridized carbons (Fsp3) is 0.182. The number of aliphatic hydroxyl groups is 1. The molecule has 0 aliphatic rings. The van der Waals surface area contributed by atoms with Crippen molar-refractivity contribution in [3.8, 4) is 0 Å². The maximum atomic E-state index is 9.14. The van der Waals surface area contributed by atoms with E-state index in [4.69, 9.17) is 10.8 Å². The third kappa shape index (κ3) is 1.22. The van der Waals surface area contributed by atoms with Crippen LogP contribution in [-0.2, 0) is 6.61 Å². The zero-order valence-electron chi connectivity index (χ0n) is 7.99. The number of aromatic nitrogens is 1. The Morgan fingerprint density at radius 1 is 1.36 bits per heavy atom. The first kappa shape index (κ1) is 8.97. The van der Waals surface area contributed by atoms with E-state index in [1.54, 1.807) is 0 Å². The van der Waals surface area contributed by atoms with Crippen LogP contribution in [-0.4, -0.2) is 10.1 Å². The van der Waals surface area contributed by atoms with Gasteiger partial charge in [-0.1, -0.05) is 18.2 Å². The highest BCUT2D eigenvalue weighted by molar-refractivity contribution is 5.91. The first-order valence-corrected chi connectivity index (χ1v) is 4.48. The van der Waals surface area contributed by atoms with Gasteiger partial charge in [-0.25, -0.2) is 0 Å². The van der Waals surface area contributed by atoms with Crippen LogP contribution in [0, 0.1) is 6.92 Å². The van der Waals surface area contributed by atoms with Crippen molar-refractivity contribution in [2.24, 2.45) is 0 Å². The van der Waals surface area contributed by atoms with E-state index in [1.165, 1.54) is 0 Å². The Kier molecular flexibility index (Phi) is 2.09. The summed E-state index contributed by atoms with van der Waals surface area (Å²) in [7, 11) is 0. The van der Waals surface area contributed by atoms with Gasteiger partial charge in [0.1, 0.15) is 0 Å². The number of para-hydroxylation sites is 1. The summed E-state index contributed by atoms with van der Waals surface area (Å²) < 4.78 is 0. The SMILES string of the molecule is Cc1nc2ccccc2c(N)c1CO. The minimum atomic E-state index is -0.0600. The Balaban J connectivity index is 2.86. The number of hydrogen-bond acceptors (Lipinski definition) is 3. The van der Waals surface area contributed by atoms with E-state index < -0.39 is 0 Å². The lowest BCUT2D eigenvalue weighted by Crippen LogP contribution is -2.01. The van der Waals surface area contributed by atoms with E-state index in [2.05, 4.69) is 4.98 Å². The smallest absolute Gasteiger partial charge is 0.0726 e. The fourth-order valence-corrected chi connectivity index (χ4v) is 1.60. The van der Waals surface area contributed by atoms with Crippen molar-refractivity contribution in [2.45, 2.75) is 13.5 Å². The molecule has 72 valence electrons. The van der Waals surface area contributed by atoms with Gasteiger partial charge in [0.2, 0.25) is 0 Å². The van der Waals surface area contributed by atoms with Crippen molar-refractivity contribution in [1.82, 2.24) is 4.98 Å². The average molecular weight is 188 g/mol. The Morgan fingerprint density at radius 2 is 2.07 bits per heavy atom. The van der Waals surface area contributed by atoms with Gasteiger partial charge < -0.3 is 10.8 Å². The Bertz CT molecular complexity index is 480. The molecule has 0 amide bonds. The summed E-state index contributed by atoms with van der Waals surface area (Å²) in [5.41, 5.74) is 8.96. The van der Waals surface area contributed by atoms with E-state index in [0.29, 0.717) is 5.69 Å². The molecule has 0 saturated heterocycles. The Morgan fingerprint density at radius 3 is 2.79 bits per heavy atom. The molecule has 0 aliphatic carbocycles. The molecule has 0 spiro atoms. The average Bonchev–Trinajstić information content (AvgIpc) is 2.18. The molecule has 3 heteroatoms. The number of hydrogen-bond donors (Lipinski definition) is 2. The number of nitrogen functional groups attached to an aromatic ring is 1. The second-order valence-corrected chi connectivity index (χ2v) is 3.26. The van der Waals surface area contributed by atoms with Crippen molar-refractivity contribution in [1.29, 1.82) is 0 Å². The number of pyridine rings is 1. The van der Waals surface area contributed by atoms with Gasteiger partial charge in [-0.2, -0.15) is 0 Å². The minimum absolute atomic E-state index is 0.0600. The first-order valence-electron chi connectivity index (χ1n) is 4.48. The van der Waals surface area contributed by atoms with E-state index in [1.807, 2.05) is 31.2 Å². The number of anilines is 1. The predicted octanol–water partition coefficient (Wildman–Crippen LogP) is 1.62. The normalized spacial score (nSPS) is 10.7. The van der Waals surface area contributed by atoms with Gasteiger partial charge in [-0.05, 0) is 13.0 Å². The molecule has 0 radical (unpaired) electrons. The monoisotopic (exact) mass is 188 g/mol. The van der Waals surface area contributed by atoms with Crippen molar-refractivity contribution >= 4 is 16.6 Å². The largest absolute Gasteiger partial charge is 0.398 e. The van der Waals surface area contributed by atoms with Crippen LogP contribution in [0.5, 0.6) is 0 Å². The van der Waals surface area contributed by atoms with Crippen LogP contribution in [0.2, 0.25) is 0 Å². The zero-order chi connectivity index (χ0) is 10.1. The lowest BCUT2D eigenvalue weighted by atomic mass is 10.1. The summed E-state index contributed by atoms with van der Waals surface area (Å²) in [5.74, 6) is 0. The molecule has 0 fully saturated rings. The first-order chi connectivity index (χ1) is 6.74. The number of rotatable bonds is 1. The molecule has 3 nitrogen and oxygen atoms in total. The van der Waals surface area contributed by atoms with E-state index >= 15 is 0 Å². The van der Waals surface area contributed by atoms with Crippen LogP contribution in [0.15, 0.2) is 24.3 Å². The van der Waals surface area contributed by atoms with Crippen molar-refractivity contribution in [2.75, 3.05) is 5.73 Å². The van der Waals surface area contributed by atoms with Crippen LogP contribution < -0.4 is 5.73 Å². The predicted molar refractivity (Wildman–Crippen MR) is 56.8 cm³/mol. The second-order valence-electron chi connectivity index (χ2n) is 3.26. The molecule has 1 heterocycles. The maximum absolute atomic E-state index is 9.14. The van der Waals surface area contributed by atoms with Gasteiger partial charge in [0.05, 0.1) is 12.1 Å². The molecule has 2 rings (SSSR count). The topological polar surface area (TPSA) is 59.1 Å². The van der Waals surface area contributed by atoms with Gasteiger partial charge in [0.25, 0.3) is 0 Å². The molecule has 14 heavy (non-hydrogen) atoms. The van der Waals surface area contributed by atoms with Crippen LogP contribution >= 0.6 is 0 Å². The minimum Gasteiger partial charge on any atom is -0.398 e. The van der Waals surface area contributed by atoms with Crippen molar-refractivity contribution in [3.63, 3.8) is 0 Å². The highest BCUT2D eigenvalue weighted by Crippen LogP contribution is 2.25. The molecule has 0 unspecified atom stereocenters. The molecule has 1 aromatic heterocycles. The molecular weight excluding hydrogens is 176 g/mol.